The Bertz CT molecular complexity index is 1210. The highest BCUT2D eigenvalue weighted by molar-refractivity contribution is 6.03. The molecule has 29 heavy (non-hydrogen) atoms. The molecular weight excluding hydrogens is 381 g/mol. The van der Waals surface area contributed by atoms with Gasteiger partial charge in [-0.15, -0.1) is 0 Å². The van der Waals surface area contributed by atoms with Gasteiger partial charge in [0.1, 0.15) is 11.6 Å². The van der Waals surface area contributed by atoms with E-state index < -0.39 is 23.5 Å². The molecule has 0 bridgehead atoms. The van der Waals surface area contributed by atoms with Gasteiger partial charge in [0, 0.05) is 29.0 Å². The number of amides is 2. The van der Waals surface area contributed by atoms with Crippen molar-refractivity contribution in [2.75, 3.05) is 10.6 Å². The van der Waals surface area contributed by atoms with Gasteiger partial charge in [-0.3, -0.25) is 10.3 Å². The van der Waals surface area contributed by atoms with Crippen molar-refractivity contribution in [1.29, 1.82) is 0 Å². The van der Waals surface area contributed by atoms with Crippen LogP contribution in [0.4, 0.5) is 29.5 Å². The fourth-order valence-electron chi connectivity index (χ4n) is 2.80. The second kappa shape index (κ2) is 7.59. The number of anilines is 2. The third-order valence-corrected chi connectivity index (χ3v) is 4.18. The molecule has 0 aliphatic rings. The Hall–Kier alpha value is -3.94. The van der Waals surface area contributed by atoms with Gasteiger partial charge in [-0.1, -0.05) is 6.07 Å². The van der Waals surface area contributed by atoms with Gasteiger partial charge < -0.3 is 5.32 Å². The molecule has 5 nitrogen and oxygen atoms in total. The average molecular weight is 394 g/mol. The largest absolute Gasteiger partial charge is 0.324 e. The van der Waals surface area contributed by atoms with Crippen LogP contribution in [-0.4, -0.2) is 16.0 Å². The van der Waals surface area contributed by atoms with Gasteiger partial charge >= 0.3 is 6.03 Å². The molecule has 0 aliphatic carbocycles. The molecule has 0 radical (unpaired) electrons. The number of rotatable bonds is 3. The van der Waals surface area contributed by atoms with Crippen LogP contribution in [0, 0.1) is 17.5 Å². The minimum absolute atomic E-state index is 0.148. The lowest BCUT2D eigenvalue weighted by atomic mass is 10.0. The fraction of sp³-hybridized carbons (Fsp3) is 0. The van der Waals surface area contributed by atoms with E-state index in [1.807, 2.05) is 0 Å². The van der Waals surface area contributed by atoms with Crippen LogP contribution in [0.15, 0.2) is 67.0 Å². The first kappa shape index (κ1) is 18.4. The molecule has 0 saturated heterocycles. The molecule has 2 N–H and O–H groups in total. The van der Waals surface area contributed by atoms with Crippen LogP contribution in [-0.2, 0) is 0 Å². The van der Waals surface area contributed by atoms with Crippen LogP contribution in [0.5, 0.6) is 0 Å². The summed E-state index contributed by atoms with van der Waals surface area (Å²) in [7, 11) is 0. The zero-order chi connectivity index (χ0) is 20.4. The Labute approximate surface area is 163 Å². The maximum Gasteiger partial charge on any atom is 0.324 e. The maximum atomic E-state index is 13.8. The molecule has 144 valence electrons. The van der Waals surface area contributed by atoms with Gasteiger partial charge in [-0.25, -0.2) is 22.9 Å². The van der Waals surface area contributed by atoms with Gasteiger partial charge in [0.2, 0.25) is 0 Å². The molecule has 8 heteroatoms. The molecule has 4 aromatic rings. The van der Waals surface area contributed by atoms with Crippen molar-refractivity contribution in [2.45, 2.75) is 0 Å². The van der Waals surface area contributed by atoms with Gasteiger partial charge in [0.15, 0.2) is 11.6 Å². The Balaban J connectivity index is 1.72. The molecule has 0 spiro atoms. The highest BCUT2D eigenvalue weighted by atomic mass is 19.2. The summed E-state index contributed by atoms with van der Waals surface area (Å²) in [4.78, 5) is 20.8. The number of carbonyl (C=O) groups is 1. The minimum Gasteiger partial charge on any atom is -0.308 e. The molecule has 2 aromatic heterocycles. The second-order valence-corrected chi connectivity index (χ2v) is 6.17. The Morgan fingerprint density at radius 2 is 1.66 bits per heavy atom. The monoisotopic (exact) mass is 394 g/mol. The minimum atomic E-state index is -1.02. The number of aromatic nitrogens is 2. The van der Waals surface area contributed by atoms with Crippen molar-refractivity contribution in [2.24, 2.45) is 0 Å². The zero-order valence-electron chi connectivity index (χ0n) is 14.8. The first-order chi connectivity index (χ1) is 14.0. The van der Waals surface area contributed by atoms with E-state index in [9.17, 15) is 18.0 Å². The van der Waals surface area contributed by atoms with Crippen LogP contribution in [0.1, 0.15) is 0 Å². The van der Waals surface area contributed by atoms with Crippen LogP contribution >= 0.6 is 0 Å². The number of nitrogens with zero attached hydrogens (tertiary/aromatic N) is 2. The third-order valence-electron chi connectivity index (χ3n) is 4.18. The topological polar surface area (TPSA) is 66.9 Å². The zero-order valence-corrected chi connectivity index (χ0v) is 14.8. The highest BCUT2D eigenvalue weighted by Gasteiger charge is 2.14. The van der Waals surface area contributed by atoms with E-state index in [0.717, 1.165) is 12.1 Å². The van der Waals surface area contributed by atoms with Crippen molar-refractivity contribution >= 4 is 28.4 Å². The summed E-state index contributed by atoms with van der Waals surface area (Å²) in [5, 5.41) is 5.83. The van der Waals surface area contributed by atoms with Crippen LogP contribution in [0.25, 0.3) is 22.0 Å². The van der Waals surface area contributed by atoms with Crippen LogP contribution in [0.2, 0.25) is 0 Å². The Morgan fingerprint density at radius 1 is 0.862 bits per heavy atom. The van der Waals surface area contributed by atoms with E-state index in [1.165, 1.54) is 30.3 Å². The van der Waals surface area contributed by atoms with Gasteiger partial charge in [-0.2, -0.15) is 0 Å². The quantitative estimate of drug-likeness (QED) is 0.492. The lowest BCUT2D eigenvalue weighted by Crippen LogP contribution is -2.20. The number of benzene rings is 2. The first-order valence-electron chi connectivity index (χ1n) is 8.53. The van der Waals surface area contributed by atoms with E-state index in [1.54, 1.807) is 24.5 Å². The van der Waals surface area contributed by atoms with Gasteiger partial charge in [0.25, 0.3) is 0 Å². The Kier molecular flexibility index (Phi) is 4.82. The average Bonchev–Trinajstić information content (AvgIpc) is 2.71. The maximum absolute atomic E-state index is 13.8. The Morgan fingerprint density at radius 3 is 2.41 bits per heavy atom. The normalized spacial score (nSPS) is 10.7. The summed E-state index contributed by atoms with van der Waals surface area (Å²) in [6.45, 7) is 0. The number of pyridine rings is 2. The SMILES string of the molecule is O=C(Nc1ccc(F)cc1)Nc1nc2ccncc2cc1-c1ccc(F)c(F)c1. The van der Waals surface area contributed by atoms with Crippen molar-refractivity contribution in [3.05, 3.63) is 84.4 Å². The van der Waals surface area contributed by atoms with Crippen LogP contribution in [0.3, 0.4) is 0 Å². The molecule has 2 heterocycles. The molecule has 0 aliphatic heterocycles. The first-order valence-corrected chi connectivity index (χ1v) is 8.53. The fourth-order valence-corrected chi connectivity index (χ4v) is 2.80. The summed E-state index contributed by atoms with van der Waals surface area (Å²) in [6, 6.07) is 11.4. The standard InChI is InChI=1S/C21H13F3N4O/c22-14-2-4-15(5-3-14)26-21(29)28-20-16(12-1-6-17(23)18(24)10-12)9-13-11-25-8-7-19(13)27-20/h1-11H,(H2,26,27,28,29). The van der Waals surface area contributed by atoms with Crippen molar-refractivity contribution in [1.82, 2.24) is 9.97 Å². The summed E-state index contributed by atoms with van der Waals surface area (Å²) in [5.74, 6) is -2.28. The molecule has 2 amide bonds. The number of hydrogen-bond donors (Lipinski definition) is 2. The number of carbonyl (C=O) groups excluding carboxylic acids is 1. The van der Waals surface area contributed by atoms with E-state index in [2.05, 4.69) is 20.6 Å². The second-order valence-electron chi connectivity index (χ2n) is 6.17. The molecule has 0 saturated carbocycles. The number of fused-ring (bicyclic) bond motifs is 1. The number of nitrogens with one attached hydrogen (secondary N) is 2. The van der Waals surface area contributed by atoms with Crippen molar-refractivity contribution < 1.29 is 18.0 Å². The summed E-state index contributed by atoms with van der Waals surface area (Å²) in [6.07, 6.45) is 3.13. The molecule has 2 aromatic carbocycles. The van der Waals surface area contributed by atoms with Crippen LogP contribution < -0.4 is 10.6 Å². The lowest BCUT2D eigenvalue weighted by molar-refractivity contribution is 0.262. The highest BCUT2D eigenvalue weighted by Crippen LogP contribution is 2.31. The third kappa shape index (κ3) is 4.01. The summed E-state index contributed by atoms with van der Waals surface area (Å²) in [5.41, 5.74) is 1.66. The molecule has 0 unspecified atom stereocenters. The number of hydrogen-bond acceptors (Lipinski definition) is 3. The van der Waals surface area contributed by atoms with Crippen molar-refractivity contribution in [3.63, 3.8) is 0 Å². The predicted octanol–water partition coefficient (Wildman–Crippen LogP) is 5.36. The van der Waals surface area contributed by atoms with Gasteiger partial charge in [-0.05, 0) is 54.1 Å². The molecular formula is C21H13F3N4O. The van der Waals surface area contributed by atoms with E-state index in [-0.39, 0.29) is 5.82 Å². The smallest absolute Gasteiger partial charge is 0.308 e. The molecule has 4 rings (SSSR count). The van der Waals surface area contributed by atoms with E-state index in [4.69, 9.17) is 0 Å². The van der Waals surface area contributed by atoms with E-state index >= 15 is 0 Å². The summed E-state index contributed by atoms with van der Waals surface area (Å²) < 4.78 is 40.1. The molecule has 0 atom stereocenters. The van der Waals surface area contributed by atoms with E-state index in [0.29, 0.717) is 27.7 Å². The van der Waals surface area contributed by atoms with Crippen molar-refractivity contribution in [3.8, 4) is 11.1 Å². The predicted molar refractivity (Wildman–Crippen MR) is 104 cm³/mol. The molecule has 0 fully saturated rings. The summed E-state index contributed by atoms with van der Waals surface area (Å²) >= 11 is 0. The van der Waals surface area contributed by atoms with Gasteiger partial charge in [0.05, 0.1) is 5.52 Å². The number of urea groups is 1. The lowest BCUT2D eigenvalue weighted by Gasteiger charge is -2.13. The number of halogens is 3.